The molecule has 1 heterocycles. The normalized spacial score (nSPS) is 11.3. The van der Waals surface area contributed by atoms with Crippen molar-refractivity contribution in [2.45, 2.75) is 4.90 Å². The van der Waals surface area contributed by atoms with Gasteiger partial charge in [0.1, 0.15) is 11.6 Å². The quantitative estimate of drug-likeness (QED) is 0.479. The van der Waals surface area contributed by atoms with E-state index in [0.717, 1.165) is 0 Å². The molecule has 30 heavy (non-hydrogen) atoms. The number of halogens is 1. The van der Waals surface area contributed by atoms with Crippen LogP contribution in [0.1, 0.15) is 0 Å². The van der Waals surface area contributed by atoms with Gasteiger partial charge in [0, 0.05) is 0 Å². The van der Waals surface area contributed by atoms with E-state index in [0.29, 0.717) is 16.8 Å². The Morgan fingerprint density at radius 2 is 1.43 bits per heavy atom. The largest absolute Gasteiger partial charge is 0.497 e. The van der Waals surface area contributed by atoms with Gasteiger partial charge in [0.25, 0.3) is 10.0 Å². The second-order valence-electron chi connectivity index (χ2n) is 6.30. The molecular weight excluding hydrogens is 407 g/mol. The average Bonchev–Trinajstić information content (AvgIpc) is 2.75. The van der Waals surface area contributed by atoms with Crippen molar-refractivity contribution in [3.8, 4) is 5.75 Å². The average molecular weight is 424 g/mol. The van der Waals surface area contributed by atoms with Crippen LogP contribution in [0.3, 0.4) is 0 Å². The maximum atomic E-state index is 14.1. The Hall–Kier alpha value is -3.72. The molecule has 0 amide bonds. The predicted octanol–water partition coefficient (Wildman–Crippen LogP) is 4.32. The number of para-hydroxylation sites is 3. The first-order valence-electron chi connectivity index (χ1n) is 8.91. The van der Waals surface area contributed by atoms with Crippen LogP contribution in [0.5, 0.6) is 5.75 Å². The van der Waals surface area contributed by atoms with Gasteiger partial charge in [-0.15, -0.1) is 0 Å². The molecular formula is C21H17FN4O3S. The number of aromatic nitrogens is 2. The lowest BCUT2D eigenvalue weighted by Gasteiger charge is -2.14. The molecule has 7 nitrogen and oxygen atoms in total. The second kappa shape index (κ2) is 7.96. The first-order chi connectivity index (χ1) is 14.5. The number of ether oxygens (including phenoxy) is 1. The van der Waals surface area contributed by atoms with Crippen LogP contribution in [0.2, 0.25) is 0 Å². The number of anilines is 3. The summed E-state index contributed by atoms with van der Waals surface area (Å²) >= 11 is 0. The van der Waals surface area contributed by atoms with Gasteiger partial charge in [-0.2, -0.15) is 0 Å². The number of nitrogens with one attached hydrogen (secondary N) is 2. The van der Waals surface area contributed by atoms with Crippen molar-refractivity contribution in [1.29, 1.82) is 0 Å². The number of fused-ring (bicyclic) bond motifs is 1. The summed E-state index contributed by atoms with van der Waals surface area (Å²) in [7, 11) is -2.48. The zero-order valence-corrected chi connectivity index (χ0v) is 16.7. The summed E-state index contributed by atoms with van der Waals surface area (Å²) in [4.78, 5) is 8.84. The Kier molecular flexibility index (Phi) is 5.20. The van der Waals surface area contributed by atoms with Gasteiger partial charge >= 0.3 is 0 Å². The van der Waals surface area contributed by atoms with Crippen LogP contribution in [0.4, 0.5) is 21.7 Å². The van der Waals surface area contributed by atoms with Crippen molar-refractivity contribution in [3.05, 3.63) is 78.6 Å². The van der Waals surface area contributed by atoms with E-state index in [-0.39, 0.29) is 22.2 Å². The van der Waals surface area contributed by atoms with Gasteiger partial charge < -0.3 is 10.1 Å². The Bertz CT molecular complexity index is 1310. The van der Waals surface area contributed by atoms with Gasteiger partial charge in [0.05, 0.1) is 28.7 Å². The first kappa shape index (κ1) is 19.6. The van der Waals surface area contributed by atoms with Gasteiger partial charge in [-0.25, -0.2) is 22.8 Å². The van der Waals surface area contributed by atoms with Crippen LogP contribution in [-0.2, 0) is 10.0 Å². The first-order valence-corrected chi connectivity index (χ1v) is 10.4. The minimum Gasteiger partial charge on any atom is -0.497 e. The van der Waals surface area contributed by atoms with E-state index >= 15 is 0 Å². The minimum absolute atomic E-state index is 0.0232. The molecule has 0 atom stereocenters. The molecule has 4 aromatic rings. The zero-order valence-electron chi connectivity index (χ0n) is 15.8. The highest BCUT2D eigenvalue weighted by atomic mass is 32.2. The molecule has 1 aromatic heterocycles. The molecule has 9 heteroatoms. The maximum Gasteiger partial charge on any atom is 0.263 e. The molecule has 152 valence electrons. The van der Waals surface area contributed by atoms with Gasteiger partial charge in [-0.3, -0.25) is 4.72 Å². The van der Waals surface area contributed by atoms with Crippen molar-refractivity contribution in [1.82, 2.24) is 9.97 Å². The summed E-state index contributed by atoms with van der Waals surface area (Å²) in [6, 6.07) is 18.9. The maximum absolute atomic E-state index is 14.1. The van der Waals surface area contributed by atoms with Crippen LogP contribution < -0.4 is 14.8 Å². The molecule has 0 saturated heterocycles. The number of benzene rings is 3. The van der Waals surface area contributed by atoms with Crippen LogP contribution >= 0.6 is 0 Å². The molecule has 2 N–H and O–H groups in total. The highest BCUT2D eigenvalue weighted by Gasteiger charge is 2.19. The lowest BCUT2D eigenvalue weighted by atomic mass is 10.3. The third-order valence-electron chi connectivity index (χ3n) is 4.30. The van der Waals surface area contributed by atoms with Crippen molar-refractivity contribution >= 4 is 38.4 Å². The fraction of sp³-hybridized carbons (Fsp3) is 0.0476. The van der Waals surface area contributed by atoms with Crippen LogP contribution in [0.25, 0.3) is 11.0 Å². The van der Waals surface area contributed by atoms with Crippen LogP contribution in [0, 0.1) is 5.82 Å². The van der Waals surface area contributed by atoms with Gasteiger partial charge in [-0.05, 0) is 48.5 Å². The lowest BCUT2D eigenvalue weighted by Crippen LogP contribution is -2.16. The summed E-state index contributed by atoms with van der Waals surface area (Å²) in [6.45, 7) is 0. The number of rotatable bonds is 6. The monoisotopic (exact) mass is 424 g/mol. The highest BCUT2D eigenvalue weighted by Crippen LogP contribution is 2.28. The van der Waals surface area contributed by atoms with Crippen molar-refractivity contribution < 1.29 is 17.5 Å². The van der Waals surface area contributed by atoms with Gasteiger partial charge in [0.15, 0.2) is 11.6 Å². The molecule has 0 unspecified atom stereocenters. The third-order valence-corrected chi connectivity index (χ3v) is 5.65. The van der Waals surface area contributed by atoms with Gasteiger partial charge in [-0.1, -0.05) is 24.3 Å². The predicted molar refractivity (Wildman–Crippen MR) is 113 cm³/mol. The Morgan fingerprint density at radius 3 is 2.07 bits per heavy atom. The van der Waals surface area contributed by atoms with Crippen LogP contribution in [-0.4, -0.2) is 25.5 Å². The number of hydrogen-bond acceptors (Lipinski definition) is 6. The fourth-order valence-electron chi connectivity index (χ4n) is 2.79. The number of nitrogens with zero attached hydrogens (tertiary/aromatic N) is 2. The molecule has 0 radical (unpaired) electrons. The molecule has 0 spiro atoms. The van der Waals surface area contributed by atoms with E-state index in [1.165, 1.54) is 31.4 Å². The summed E-state index contributed by atoms with van der Waals surface area (Å²) in [6.07, 6.45) is 0. The van der Waals surface area contributed by atoms with E-state index in [4.69, 9.17) is 4.74 Å². The van der Waals surface area contributed by atoms with Gasteiger partial charge in [0.2, 0.25) is 0 Å². The number of methoxy groups -OCH3 is 1. The SMILES string of the molecule is COc1ccc(S(=O)(=O)Nc2nc3ccccc3nc2Nc2ccccc2F)cc1. The Labute approximate surface area is 172 Å². The standard InChI is InChI=1S/C21H17FN4O3S/c1-29-14-10-12-15(13-11-14)30(27,28)26-21-20(23-17-7-3-2-6-16(17)22)24-18-8-4-5-9-19(18)25-21/h2-13H,1H3,(H,23,24)(H,25,26). The summed E-state index contributed by atoms with van der Waals surface area (Å²) in [5.41, 5.74) is 1.17. The van der Waals surface area contributed by atoms with E-state index in [9.17, 15) is 12.8 Å². The number of hydrogen-bond donors (Lipinski definition) is 2. The van der Waals surface area contributed by atoms with E-state index in [1.54, 1.807) is 48.5 Å². The molecule has 0 bridgehead atoms. The van der Waals surface area contributed by atoms with Crippen LogP contribution in [0.15, 0.2) is 77.7 Å². The van der Waals surface area contributed by atoms with E-state index < -0.39 is 15.8 Å². The Balaban J connectivity index is 1.77. The summed E-state index contributed by atoms with van der Waals surface area (Å²) in [5, 5.41) is 2.83. The van der Waals surface area contributed by atoms with Crippen molar-refractivity contribution in [2.75, 3.05) is 17.1 Å². The smallest absolute Gasteiger partial charge is 0.263 e. The Morgan fingerprint density at radius 1 is 0.833 bits per heavy atom. The zero-order chi connectivity index (χ0) is 21.1. The summed E-state index contributed by atoms with van der Waals surface area (Å²) < 4.78 is 47.4. The lowest BCUT2D eigenvalue weighted by molar-refractivity contribution is 0.414. The minimum atomic E-state index is -3.97. The third kappa shape index (κ3) is 4.01. The molecule has 3 aromatic carbocycles. The molecule has 0 aliphatic rings. The molecule has 4 rings (SSSR count). The second-order valence-corrected chi connectivity index (χ2v) is 7.98. The molecule has 0 aliphatic carbocycles. The topological polar surface area (TPSA) is 93.2 Å². The molecule has 0 fully saturated rings. The van der Waals surface area contributed by atoms with Crippen molar-refractivity contribution in [3.63, 3.8) is 0 Å². The molecule has 0 aliphatic heterocycles. The van der Waals surface area contributed by atoms with Crippen molar-refractivity contribution in [2.24, 2.45) is 0 Å². The molecule has 0 saturated carbocycles. The summed E-state index contributed by atoms with van der Waals surface area (Å²) in [5.74, 6) is 0.0569. The van der Waals surface area contributed by atoms with E-state index in [2.05, 4.69) is 20.0 Å². The number of sulfonamides is 1. The van der Waals surface area contributed by atoms with E-state index in [1.807, 2.05) is 0 Å². The highest BCUT2D eigenvalue weighted by molar-refractivity contribution is 7.92. The fourth-order valence-corrected chi connectivity index (χ4v) is 3.80.